The van der Waals surface area contributed by atoms with Crippen LogP contribution in [0.1, 0.15) is 24.2 Å². The minimum Gasteiger partial charge on any atom is -0.394 e. The maximum Gasteiger partial charge on any atom is 0.255 e. The zero-order valence-electron chi connectivity index (χ0n) is 10.00. The van der Waals surface area contributed by atoms with Crippen LogP contribution in [-0.2, 0) is 0 Å². The van der Waals surface area contributed by atoms with Gasteiger partial charge in [0.25, 0.3) is 5.91 Å². The topological polar surface area (TPSA) is 40.5 Å². The molecule has 0 aliphatic heterocycles. The van der Waals surface area contributed by atoms with Gasteiger partial charge in [0.15, 0.2) is 0 Å². The Morgan fingerprint density at radius 1 is 1.41 bits per heavy atom. The van der Waals surface area contributed by atoms with Crippen LogP contribution in [0.15, 0.2) is 27.1 Å². The van der Waals surface area contributed by atoms with E-state index >= 15 is 0 Å². The van der Waals surface area contributed by atoms with Gasteiger partial charge in [0, 0.05) is 16.0 Å². The molecule has 0 spiro atoms. The van der Waals surface area contributed by atoms with Gasteiger partial charge in [0.1, 0.15) is 0 Å². The summed E-state index contributed by atoms with van der Waals surface area (Å²) in [6.07, 6.45) is 0. The third-order valence-corrected chi connectivity index (χ3v) is 3.91. The predicted octanol–water partition coefficient (Wildman–Crippen LogP) is 3.05. The molecule has 1 N–H and O–H groups in total. The van der Waals surface area contributed by atoms with Crippen LogP contribution in [0, 0.1) is 0 Å². The number of rotatable bonds is 3. The Morgan fingerprint density at radius 2 is 2.00 bits per heavy atom. The van der Waals surface area contributed by atoms with E-state index in [2.05, 4.69) is 31.9 Å². The maximum atomic E-state index is 12.3. The van der Waals surface area contributed by atoms with Crippen LogP contribution in [0.25, 0.3) is 0 Å². The summed E-state index contributed by atoms with van der Waals surface area (Å²) >= 11 is 6.71. The van der Waals surface area contributed by atoms with E-state index in [0.717, 1.165) is 8.95 Å². The molecule has 0 fully saturated rings. The van der Waals surface area contributed by atoms with E-state index in [0.29, 0.717) is 5.56 Å². The van der Waals surface area contributed by atoms with Crippen LogP contribution >= 0.6 is 31.9 Å². The van der Waals surface area contributed by atoms with Gasteiger partial charge in [-0.05, 0) is 48.0 Å². The molecule has 0 aromatic heterocycles. The van der Waals surface area contributed by atoms with Gasteiger partial charge in [0.05, 0.1) is 17.7 Å². The van der Waals surface area contributed by atoms with Crippen molar-refractivity contribution < 1.29 is 9.90 Å². The Balaban J connectivity index is 3.05. The van der Waals surface area contributed by atoms with Gasteiger partial charge in [-0.1, -0.05) is 15.9 Å². The summed E-state index contributed by atoms with van der Waals surface area (Å²) in [6.45, 7) is 3.55. The average Bonchev–Trinajstić information content (AvgIpc) is 2.27. The molecular weight excluding hydrogens is 350 g/mol. The van der Waals surface area contributed by atoms with E-state index in [9.17, 15) is 9.90 Å². The van der Waals surface area contributed by atoms with Crippen molar-refractivity contribution in [2.24, 2.45) is 0 Å². The molecule has 3 nitrogen and oxygen atoms in total. The van der Waals surface area contributed by atoms with Crippen molar-refractivity contribution in [3.05, 3.63) is 32.7 Å². The third-order valence-electron chi connectivity index (χ3n) is 2.76. The van der Waals surface area contributed by atoms with Crippen molar-refractivity contribution in [2.45, 2.75) is 19.4 Å². The highest BCUT2D eigenvalue weighted by Crippen LogP contribution is 2.25. The first-order valence-electron chi connectivity index (χ1n) is 5.13. The lowest BCUT2D eigenvalue weighted by Gasteiger charge is -2.34. The van der Waals surface area contributed by atoms with Gasteiger partial charge in [-0.15, -0.1) is 0 Å². The predicted molar refractivity (Wildman–Crippen MR) is 75.1 cm³/mol. The van der Waals surface area contributed by atoms with E-state index in [4.69, 9.17) is 0 Å². The Morgan fingerprint density at radius 3 is 2.47 bits per heavy atom. The van der Waals surface area contributed by atoms with Gasteiger partial charge in [-0.25, -0.2) is 0 Å². The van der Waals surface area contributed by atoms with Crippen LogP contribution in [0.5, 0.6) is 0 Å². The minimum atomic E-state index is -0.580. The first-order valence-corrected chi connectivity index (χ1v) is 6.72. The lowest BCUT2D eigenvalue weighted by atomic mass is 10.0. The molecular formula is C12H15Br2NO2. The molecule has 0 radical (unpaired) electrons. The standard InChI is InChI=1S/C12H15Br2NO2/c1-12(2,7-16)15(3)11(17)9-5-4-8(13)6-10(9)14/h4-6,16H,7H2,1-3H3. The first kappa shape index (κ1) is 14.7. The zero-order valence-corrected chi connectivity index (χ0v) is 13.2. The summed E-state index contributed by atoms with van der Waals surface area (Å²) in [5.41, 5.74) is 0.000999. The Labute approximate surface area is 118 Å². The minimum absolute atomic E-state index is 0.0800. The molecule has 1 aromatic rings. The van der Waals surface area contributed by atoms with Gasteiger partial charge in [0.2, 0.25) is 0 Å². The summed E-state index contributed by atoms with van der Waals surface area (Å²) in [4.78, 5) is 13.8. The van der Waals surface area contributed by atoms with Crippen LogP contribution in [0.2, 0.25) is 0 Å². The lowest BCUT2D eigenvalue weighted by Crippen LogP contribution is -2.47. The molecule has 1 amide bonds. The highest BCUT2D eigenvalue weighted by Gasteiger charge is 2.28. The second kappa shape index (κ2) is 5.50. The van der Waals surface area contributed by atoms with Crippen LogP contribution in [0.3, 0.4) is 0 Å². The van der Waals surface area contributed by atoms with Crippen LogP contribution in [0.4, 0.5) is 0 Å². The monoisotopic (exact) mass is 363 g/mol. The van der Waals surface area contributed by atoms with Crippen molar-refractivity contribution >= 4 is 37.8 Å². The van der Waals surface area contributed by atoms with Gasteiger partial charge in [-0.2, -0.15) is 0 Å². The zero-order chi connectivity index (χ0) is 13.2. The van der Waals surface area contributed by atoms with Crippen molar-refractivity contribution in [3.63, 3.8) is 0 Å². The summed E-state index contributed by atoms with van der Waals surface area (Å²) in [5, 5.41) is 9.26. The van der Waals surface area contributed by atoms with E-state index in [1.165, 1.54) is 0 Å². The highest BCUT2D eigenvalue weighted by atomic mass is 79.9. The van der Waals surface area contributed by atoms with E-state index in [1.807, 2.05) is 26.0 Å². The molecule has 17 heavy (non-hydrogen) atoms. The Kier molecular flexibility index (Phi) is 4.75. The number of likely N-dealkylation sites (N-methyl/N-ethyl adjacent to an activating group) is 1. The quantitative estimate of drug-likeness (QED) is 0.895. The van der Waals surface area contributed by atoms with Gasteiger partial charge in [-0.3, -0.25) is 4.79 Å². The summed E-state index contributed by atoms with van der Waals surface area (Å²) < 4.78 is 1.64. The van der Waals surface area contributed by atoms with Crippen molar-refractivity contribution in [2.75, 3.05) is 13.7 Å². The molecule has 5 heteroatoms. The molecule has 1 rings (SSSR count). The first-order chi connectivity index (χ1) is 7.79. The number of carbonyl (C=O) groups is 1. The van der Waals surface area contributed by atoms with Crippen LogP contribution in [-0.4, -0.2) is 35.1 Å². The van der Waals surface area contributed by atoms with E-state index in [1.54, 1.807) is 18.0 Å². The molecule has 0 saturated heterocycles. The molecule has 0 aliphatic rings. The van der Waals surface area contributed by atoms with Gasteiger partial charge >= 0.3 is 0 Å². The third kappa shape index (κ3) is 3.30. The fourth-order valence-electron chi connectivity index (χ4n) is 1.22. The molecule has 0 unspecified atom stereocenters. The summed E-state index contributed by atoms with van der Waals surface area (Å²) in [5.74, 6) is -0.122. The SMILES string of the molecule is CN(C(=O)c1ccc(Br)cc1Br)C(C)(C)CO. The molecule has 0 atom stereocenters. The normalized spacial score (nSPS) is 11.4. The largest absolute Gasteiger partial charge is 0.394 e. The lowest BCUT2D eigenvalue weighted by molar-refractivity contribution is 0.0472. The number of halogens is 2. The van der Waals surface area contributed by atoms with Crippen molar-refractivity contribution in [1.29, 1.82) is 0 Å². The summed E-state index contributed by atoms with van der Waals surface area (Å²) in [6, 6.07) is 5.39. The molecule has 0 aliphatic carbocycles. The Hall–Kier alpha value is -0.390. The number of carbonyl (C=O) groups excluding carboxylic acids is 1. The number of amides is 1. The summed E-state index contributed by atoms with van der Waals surface area (Å²) in [7, 11) is 1.69. The van der Waals surface area contributed by atoms with Crippen LogP contribution < -0.4 is 0 Å². The fourth-order valence-corrected chi connectivity index (χ4v) is 2.44. The second-order valence-corrected chi connectivity index (χ2v) is 6.23. The average molecular weight is 365 g/mol. The number of benzene rings is 1. The number of hydrogen-bond acceptors (Lipinski definition) is 2. The second-order valence-electron chi connectivity index (χ2n) is 4.46. The van der Waals surface area contributed by atoms with Gasteiger partial charge < -0.3 is 10.0 Å². The Bertz CT molecular complexity index is 433. The number of aliphatic hydroxyl groups excluding tert-OH is 1. The number of aliphatic hydroxyl groups is 1. The molecule has 94 valence electrons. The molecule has 1 aromatic carbocycles. The van der Waals surface area contributed by atoms with Crippen molar-refractivity contribution in [3.8, 4) is 0 Å². The van der Waals surface area contributed by atoms with E-state index < -0.39 is 5.54 Å². The molecule has 0 heterocycles. The molecule has 0 saturated carbocycles. The number of nitrogens with zero attached hydrogens (tertiary/aromatic N) is 1. The van der Waals surface area contributed by atoms with Crippen molar-refractivity contribution in [1.82, 2.24) is 4.90 Å². The number of hydrogen-bond donors (Lipinski definition) is 1. The molecule has 0 bridgehead atoms. The fraction of sp³-hybridized carbons (Fsp3) is 0.417. The van der Waals surface area contributed by atoms with E-state index in [-0.39, 0.29) is 12.5 Å². The maximum absolute atomic E-state index is 12.3. The smallest absolute Gasteiger partial charge is 0.255 e. The highest BCUT2D eigenvalue weighted by molar-refractivity contribution is 9.11.